The summed E-state index contributed by atoms with van der Waals surface area (Å²) in [6, 6.07) is 8.17. The fraction of sp³-hybridized carbons (Fsp3) is 0.538. The molecule has 0 aliphatic rings. The molecule has 1 rings (SSSR count). The van der Waals surface area contributed by atoms with Crippen molar-refractivity contribution in [1.82, 2.24) is 5.32 Å². The maximum Gasteiger partial charge on any atom is 0.137 e. The van der Waals surface area contributed by atoms with Crippen molar-refractivity contribution in [2.45, 2.75) is 32.2 Å². The quantitative estimate of drug-likeness (QED) is 0.738. The Labute approximate surface area is 103 Å². The average molecular weight is 242 g/mol. The molecule has 0 aliphatic carbocycles. The lowest BCUT2D eigenvalue weighted by Crippen LogP contribution is -2.20. The van der Waals surface area contributed by atoms with Crippen LogP contribution < -0.4 is 10.1 Å². The summed E-state index contributed by atoms with van der Waals surface area (Å²) in [5.41, 5.74) is 0. The van der Waals surface area contributed by atoms with E-state index < -0.39 is 0 Å². The van der Waals surface area contributed by atoms with E-state index >= 15 is 0 Å². The molecule has 0 amide bonds. The first-order chi connectivity index (χ1) is 7.74. The smallest absolute Gasteiger partial charge is 0.137 e. The van der Waals surface area contributed by atoms with Gasteiger partial charge in [0.1, 0.15) is 5.75 Å². The van der Waals surface area contributed by atoms with Crippen molar-refractivity contribution in [3.63, 3.8) is 0 Å². The van der Waals surface area contributed by atoms with Gasteiger partial charge in [-0.15, -0.1) is 0 Å². The Bertz CT molecular complexity index is 304. The molecule has 1 aromatic carbocycles. The Morgan fingerprint density at radius 2 is 2.06 bits per heavy atom. The molecular weight excluding hydrogens is 222 g/mol. The summed E-state index contributed by atoms with van der Waals surface area (Å²) >= 11 is 5.97. The third-order valence-electron chi connectivity index (χ3n) is 2.62. The maximum absolute atomic E-state index is 5.97. The predicted molar refractivity (Wildman–Crippen MR) is 69.3 cm³/mol. The number of halogens is 1. The molecule has 2 nitrogen and oxygen atoms in total. The zero-order valence-electron chi connectivity index (χ0n) is 10.0. The van der Waals surface area contributed by atoms with Gasteiger partial charge in [-0.1, -0.05) is 23.7 Å². The van der Waals surface area contributed by atoms with Crippen molar-refractivity contribution < 1.29 is 4.74 Å². The Kier molecular flexibility index (Phi) is 6.27. The van der Waals surface area contributed by atoms with Gasteiger partial charge >= 0.3 is 0 Å². The van der Waals surface area contributed by atoms with Crippen molar-refractivity contribution in [1.29, 1.82) is 0 Å². The molecule has 0 radical (unpaired) electrons. The molecule has 0 bridgehead atoms. The highest BCUT2D eigenvalue weighted by atomic mass is 35.5. The van der Waals surface area contributed by atoms with Gasteiger partial charge in [-0.3, -0.25) is 0 Å². The Morgan fingerprint density at radius 1 is 1.31 bits per heavy atom. The van der Waals surface area contributed by atoms with Crippen LogP contribution in [0.5, 0.6) is 5.75 Å². The molecule has 3 heteroatoms. The molecular formula is C13H20ClNO. The van der Waals surface area contributed by atoms with Gasteiger partial charge in [-0.25, -0.2) is 0 Å². The zero-order chi connectivity index (χ0) is 11.8. The summed E-state index contributed by atoms with van der Waals surface area (Å²) in [5, 5.41) is 3.91. The largest absolute Gasteiger partial charge is 0.492 e. The Morgan fingerprint density at radius 3 is 2.75 bits per heavy atom. The van der Waals surface area contributed by atoms with E-state index in [-0.39, 0.29) is 0 Å². The van der Waals surface area contributed by atoms with Crippen LogP contribution in [0.1, 0.15) is 26.2 Å². The number of ether oxygens (including phenoxy) is 1. The van der Waals surface area contributed by atoms with Crippen LogP contribution in [0.25, 0.3) is 0 Å². The Hall–Kier alpha value is -0.730. The molecule has 1 unspecified atom stereocenters. The zero-order valence-corrected chi connectivity index (χ0v) is 10.8. The van der Waals surface area contributed by atoms with E-state index in [1.165, 1.54) is 12.8 Å². The summed E-state index contributed by atoms with van der Waals surface area (Å²) in [7, 11) is 1.99. The molecule has 90 valence electrons. The van der Waals surface area contributed by atoms with Gasteiger partial charge in [0.15, 0.2) is 0 Å². The van der Waals surface area contributed by atoms with Crippen LogP contribution in [0.3, 0.4) is 0 Å². The van der Waals surface area contributed by atoms with E-state index in [0.717, 1.165) is 18.8 Å². The molecule has 0 spiro atoms. The lowest BCUT2D eigenvalue weighted by atomic mass is 10.1. The highest BCUT2D eigenvalue weighted by Gasteiger charge is 2.00. The highest BCUT2D eigenvalue weighted by Crippen LogP contribution is 2.23. The van der Waals surface area contributed by atoms with Crippen molar-refractivity contribution in [3.8, 4) is 5.75 Å². The van der Waals surface area contributed by atoms with Crippen LogP contribution in [-0.2, 0) is 0 Å². The second kappa shape index (κ2) is 7.53. The van der Waals surface area contributed by atoms with Crippen LogP contribution in [-0.4, -0.2) is 19.7 Å². The number of rotatable bonds is 7. The summed E-state index contributed by atoms with van der Waals surface area (Å²) < 4.78 is 5.60. The summed E-state index contributed by atoms with van der Waals surface area (Å²) in [5.74, 6) is 0.783. The van der Waals surface area contributed by atoms with Gasteiger partial charge in [-0.2, -0.15) is 0 Å². The van der Waals surface area contributed by atoms with E-state index in [2.05, 4.69) is 12.2 Å². The number of para-hydroxylation sites is 1. The van der Waals surface area contributed by atoms with Crippen molar-refractivity contribution in [2.75, 3.05) is 13.7 Å². The molecule has 0 aromatic heterocycles. The van der Waals surface area contributed by atoms with Gasteiger partial charge in [0.05, 0.1) is 11.6 Å². The molecule has 0 heterocycles. The molecule has 0 fully saturated rings. The van der Waals surface area contributed by atoms with Crippen LogP contribution in [0, 0.1) is 0 Å². The van der Waals surface area contributed by atoms with Gasteiger partial charge in [0.2, 0.25) is 0 Å². The lowest BCUT2D eigenvalue weighted by Gasteiger charge is -2.10. The fourth-order valence-corrected chi connectivity index (χ4v) is 1.63. The minimum Gasteiger partial charge on any atom is -0.492 e. The second-order valence-electron chi connectivity index (χ2n) is 3.96. The molecule has 1 aromatic rings. The van der Waals surface area contributed by atoms with E-state index in [1.54, 1.807) is 0 Å². The lowest BCUT2D eigenvalue weighted by molar-refractivity contribution is 0.302. The molecule has 0 saturated carbocycles. The van der Waals surface area contributed by atoms with Gasteiger partial charge < -0.3 is 10.1 Å². The normalized spacial score (nSPS) is 12.4. The first-order valence-electron chi connectivity index (χ1n) is 5.78. The van der Waals surface area contributed by atoms with Crippen molar-refractivity contribution >= 4 is 11.6 Å². The van der Waals surface area contributed by atoms with Crippen LogP contribution >= 0.6 is 11.6 Å². The highest BCUT2D eigenvalue weighted by molar-refractivity contribution is 6.32. The summed E-state index contributed by atoms with van der Waals surface area (Å²) in [6.45, 7) is 2.93. The van der Waals surface area contributed by atoms with Crippen LogP contribution in [0.2, 0.25) is 5.02 Å². The second-order valence-corrected chi connectivity index (χ2v) is 4.37. The van der Waals surface area contributed by atoms with E-state index in [0.29, 0.717) is 11.1 Å². The summed E-state index contributed by atoms with van der Waals surface area (Å²) in [6.07, 6.45) is 3.42. The fourth-order valence-electron chi connectivity index (χ4n) is 1.44. The van der Waals surface area contributed by atoms with Crippen molar-refractivity contribution in [3.05, 3.63) is 29.3 Å². The standard InChI is InChI=1S/C13H20ClNO/c1-11(15-2)7-5-6-10-16-13-9-4-3-8-12(13)14/h3-4,8-9,11,15H,5-7,10H2,1-2H3. The number of unbranched alkanes of at least 4 members (excludes halogenated alkanes) is 1. The first-order valence-corrected chi connectivity index (χ1v) is 6.16. The predicted octanol–water partition coefficient (Wildman–Crippen LogP) is 3.50. The molecule has 0 aliphatic heterocycles. The summed E-state index contributed by atoms with van der Waals surface area (Å²) in [4.78, 5) is 0. The minimum atomic E-state index is 0.584. The number of hydrogen-bond acceptors (Lipinski definition) is 2. The van der Waals surface area contributed by atoms with Gasteiger partial charge in [0, 0.05) is 6.04 Å². The number of hydrogen-bond donors (Lipinski definition) is 1. The van der Waals surface area contributed by atoms with E-state index in [9.17, 15) is 0 Å². The monoisotopic (exact) mass is 241 g/mol. The van der Waals surface area contributed by atoms with Crippen LogP contribution in [0.15, 0.2) is 24.3 Å². The molecule has 1 atom stereocenters. The number of nitrogens with one attached hydrogen (secondary N) is 1. The average Bonchev–Trinajstić information content (AvgIpc) is 2.30. The first kappa shape index (κ1) is 13.3. The van der Waals surface area contributed by atoms with E-state index in [1.807, 2.05) is 31.3 Å². The maximum atomic E-state index is 5.97. The Balaban J connectivity index is 2.14. The van der Waals surface area contributed by atoms with Gasteiger partial charge in [-0.05, 0) is 45.4 Å². The minimum absolute atomic E-state index is 0.584. The van der Waals surface area contributed by atoms with Gasteiger partial charge in [0.25, 0.3) is 0 Å². The molecule has 16 heavy (non-hydrogen) atoms. The molecule has 0 saturated heterocycles. The topological polar surface area (TPSA) is 21.3 Å². The molecule has 1 N–H and O–H groups in total. The SMILES string of the molecule is CNC(C)CCCCOc1ccccc1Cl. The third kappa shape index (κ3) is 4.86. The van der Waals surface area contributed by atoms with E-state index in [4.69, 9.17) is 16.3 Å². The third-order valence-corrected chi connectivity index (χ3v) is 2.93. The van der Waals surface area contributed by atoms with Crippen LogP contribution in [0.4, 0.5) is 0 Å². The van der Waals surface area contributed by atoms with Crippen molar-refractivity contribution in [2.24, 2.45) is 0 Å². The number of benzene rings is 1.